The second-order valence-electron chi connectivity index (χ2n) is 31.0. The van der Waals surface area contributed by atoms with Crippen molar-refractivity contribution in [2.75, 3.05) is 104 Å². The lowest BCUT2D eigenvalue weighted by molar-refractivity contribution is -0.147. The van der Waals surface area contributed by atoms with Crippen LogP contribution in [-0.2, 0) is 88.3 Å². The lowest BCUT2D eigenvalue weighted by atomic mass is 9.90. The normalized spacial score (nSPS) is 12.7. The second-order valence-corrected chi connectivity index (χ2v) is 37.5. The number of thiocarbonyl (C=S) groups is 2. The van der Waals surface area contributed by atoms with Crippen molar-refractivity contribution >= 4 is 142 Å². The number of methoxy groups -OCH3 is 4. The van der Waals surface area contributed by atoms with Crippen molar-refractivity contribution in [1.29, 1.82) is 0 Å². The molecular weight excluding hydrogens is 1840 g/mol. The maximum atomic E-state index is 13.7. The minimum Gasteiger partial charge on any atom is -0.508 e. The van der Waals surface area contributed by atoms with E-state index < -0.39 is 92.3 Å². The Labute approximate surface area is 793 Å². The van der Waals surface area contributed by atoms with Crippen LogP contribution in [0, 0.1) is 11.8 Å². The van der Waals surface area contributed by atoms with E-state index >= 15 is 0 Å². The van der Waals surface area contributed by atoms with Gasteiger partial charge in [0, 0.05) is 153 Å². The van der Waals surface area contributed by atoms with E-state index in [9.17, 15) is 97.3 Å². The number of carbonyl (C=O) groups is 10. The van der Waals surface area contributed by atoms with Crippen molar-refractivity contribution in [1.82, 2.24) is 26.6 Å². The van der Waals surface area contributed by atoms with Gasteiger partial charge in [-0.1, -0.05) is 43.8 Å². The lowest BCUT2D eigenvalue weighted by Gasteiger charge is -2.22. The molecule has 41 heteroatoms. The van der Waals surface area contributed by atoms with Crippen molar-refractivity contribution in [3.63, 3.8) is 0 Å². The number of aromatic hydroxyl groups is 4. The fourth-order valence-electron chi connectivity index (χ4n) is 14.4. The Morgan fingerprint density at radius 2 is 0.831 bits per heavy atom. The molecule has 2 aliphatic carbocycles. The molecule has 6 atom stereocenters. The first kappa shape index (κ1) is 109. The maximum absolute atomic E-state index is 13.7. The van der Waals surface area contributed by atoms with E-state index in [1.807, 2.05) is 0 Å². The summed E-state index contributed by atoms with van der Waals surface area (Å²) in [6.45, 7) is 1.55. The number of rotatable bonds is 45. The number of nitrogens with two attached hydrogens (primary N) is 1. The molecule has 10 rings (SSSR count). The SMILES string of the molecule is C.COC(=O)CCC(CP(=O)(CCC(=O)NC(CCCCNC(=S)Nc1ccc(-c2c3ccc(=O)cc-3oc3cc(O)ccc23)c(C(=O)O)c1)C(=O)NCCc1ccc(O)cc1)OC)C(=O)OC.COC(=O)CCC(CP(=O)(CCC(=O)O)OC)C(=O)OC.NC(CCCCNC(=S)Nc1ccc(-c2c3ccc(=O)cc-3oc3cc(O)ccc23)c(C(=O)O)c1)C(=O)NCCc1ccc(O)cc1. The van der Waals surface area contributed by atoms with E-state index in [1.165, 1.54) is 115 Å². The number of phenolic OH excluding ortho intramolecular Hbond substituents is 4. The molecule has 0 spiro atoms. The molecular formula is C95H112N8O29P2S2. The number of aliphatic carboxylic acids is 1. The maximum Gasteiger partial charge on any atom is 0.336 e. The van der Waals surface area contributed by atoms with Crippen LogP contribution >= 0.6 is 39.2 Å². The van der Waals surface area contributed by atoms with Gasteiger partial charge < -0.3 is 116 Å². The molecule has 4 aliphatic rings. The zero-order chi connectivity index (χ0) is 98.6. The first-order chi connectivity index (χ1) is 64.4. The van der Waals surface area contributed by atoms with Crippen LogP contribution in [0.1, 0.15) is 116 Å². The lowest BCUT2D eigenvalue weighted by Crippen LogP contribution is -2.47. The molecule has 6 unspecified atom stereocenters. The molecule has 0 fully saturated rings. The summed E-state index contributed by atoms with van der Waals surface area (Å²) >= 11 is 10.9. The Morgan fingerprint density at radius 1 is 0.434 bits per heavy atom. The number of ether oxygens (including phenoxy) is 4. The van der Waals surface area contributed by atoms with Gasteiger partial charge in [0.1, 0.15) is 51.7 Å². The van der Waals surface area contributed by atoms with Gasteiger partial charge in [0.15, 0.2) is 21.1 Å². The van der Waals surface area contributed by atoms with Gasteiger partial charge in [-0.2, -0.15) is 0 Å². The highest BCUT2D eigenvalue weighted by atomic mass is 32.1. The number of carboxylic acid groups (broad SMARTS) is 3. The number of unbranched alkanes of at least 4 members (excludes halogenated alkanes) is 2. The molecule has 0 saturated carbocycles. The molecule has 2 heterocycles. The van der Waals surface area contributed by atoms with E-state index in [1.54, 1.807) is 84.9 Å². The summed E-state index contributed by atoms with van der Waals surface area (Å²) in [5, 5.41) is 90.5. The molecule has 2 aliphatic heterocycles. The highest BCUT2D eigenvalue weighted by Gasteiger charge is 2.36. The third-order valence-corrected chi connectivity index (χ3v) is 27.2. The highest BCUT2D eigenvalue weighted by Crippen LogP contribution is 2.51. The van der Waals surface area contributed by atoms with E-state index in [0.717, 1.165) is 11.1 Å². The number of aromatic carboxylic acids is 2. The second kappa shape index (κ2) is 53.4. The molecule has 0 aromatic heterocycles. The van der Waals surface area contributed by atoms with Crippen LogP contribution in [0.25, 0.3) is 66.8 Å². The number of amides is 3. The van der Waals surface area contributed by atoms with Gasteiger partial charge in [-0.15, -0.1) is 0 Å². The first-order valence-corrected chi connectivity index (χ1v) is 47.4. The van der Waals surface area contributed by atoms with Crippen molar-refractivity contribution in [2.45, 2.75) is 109 Å². The summed E-state index contributed by atoms with van der Waals surface area (Å²) in [5.74, 6) is -8.16. The molecule has 6 aromatic carbocycles. The summed E-state index contributed by atoms with van der Waals surface area (Å²) in [6, 6.07) is 38.8. The Balaban J connectivity index is 0.000000315. The summed E-state index contributed by atoms with van der Waals surface area (Å²) < 4.78 is 66.7. The van der Waals surface area contributed by atoms with E-state index in [-0.39, 0.29) is 157 Å². The Morgan fingerprint density at radius 3 is 1.23 bits per heavy atom. The average Bonchev–Trinajstić information content (AvgIpc) is 0.750. The van der Waals surface area contributed by atoms with Gasteiger partial charge in [-0.05, 0) is 208 Å². The zero-order valence-electron chi connectivity index (χ0n) is 74.8. The fourth-order valence-corrected chi connectivity index (χ4v) is 18.9. The van der Waals surface area contributed by atoms with Gasteiger partial charge >= 0.3 is 41.8 Å². The van der Waals surface area contributed by atoms with Crippen LogP contribution in [0.5, 0.6) is 23.0 Å². The predicted octanol–water partition coefficient (Wildman–Crippen LogP) is 12.6. The number of fused-ring (bicyclic) bond motifs is 4. The van der Waals surface area contributed by atoms with Crippen molar-refractivity contribution in [3.8, 4) is 67.9 Å². The topological polar surface area (TPSA) is 572 Å². The molecule has 0 radical (unpaired) electrons. The first-order valence-electron chi connectivity index (χ1n) is 42.6. The number of benzene rings is 8. The van der Waals surface area contributed by atoms with Crippen LogP contribution in [0.15, 0.2) is 176 Å². The fraction of sp³-hybridized carbons (Fsp3) is 0.347. The van der Waals surface area contributed by atoms with Gasteiger partial charge in [0.25, 0.3) is 0 Å². The third kappa shape index (κ3) is 33.4. The molecule has 16 N–H and O–H groups in total. The molecule has 6 aromatic rings. The Hall–Kier alpha value is -13.7. The molecule has 3 amide bonds. The van der Waals surface area contributed by atoms with Crippen molar-refractivity contribution in [2.24, 2.45) is 17.6 Å². The number of esters is 4. The summed E-state index contributed by atoms with van der Waals surface area (Å²) in [7, 11) is 0.337. The molecule has 0 bridgehead atoms. The summed E-state index contributed by atoms with van der Waals surface area (Å²) in [6.07, 6.45) is 2.62. The standard InChI is InChI=1S/C47H53N4O14PS.C35H34N4O7S.C12H21O8P.CH4/c1-62-42(56)18-9-29(46(60)63-2)27-66(61,64-3)23-20-41(55)51-38(44(57)48-22-19-28-7-11-31(52)12-8-28)6-4-5-21-49-47(67)50-30-10-15-34(37(24-30)45(58)59)43-35-16-13-32(53)25-39(35)65-40-26-33(54)14-17-36(40)43;36-29(33(43)37-16-14-20-4-7-22(40)8-5-20)3-1-2-15-38-35(47)39-21-6-11-25(28(17-21)34(44)45)32-26-12-9-23(41)18-30(26)46-31-19-24(42)10-13-27(31)32;1-18-11(15)5-4-9(12(16)19-2)8-21(17,20-3)7-6-10(13)14;/h7-8,10-17,24-26,29,38,52-53H,4-6,9,18-23,27H2,1-3H3,(H,48,57)(H,51,55)(H,58,59)(H2,49,50,67);4-13,17-19,29,40-41H,1-3,14-16,36H2,(H,37,43)(H,44,45)(H2,38,39,47);9H,4-8H2,1-3H3,(H,13,14);1H4. The van der Waals surface area contributed by atoms with Gasteiger partial charge in [0.2, 0.25) is 32.5 Å². The predicted molar refractivity (Wildman–Crippen MR) is 518 cm³/mol. The molecule has 0 saturated heterocycles. The number of carboxylic acids is 3. The zero-order valence-corrected chi connectivity index (χ0v) is 78.2. The minimum absolute atomic E-state index is 0. The number of nitrogens with one attached hydrogen (secondary N) is 7. The van der Waals surface area contributed by atoms with Gasteiger partial charge in [-0.3, -0.25) is 57.1 Å². The number of phenols is 4. The van der Waals surface area contributed by atoms with Crippen molar-refractivity contribution < 1.29 is 130 Å². The Kier molecular flexibility index (Phi) is 42.9. The highest BCUT2D eigenvalue weighted by molar-refractivity contribution is 7.80. The van der Waals surface area contributed by atoms with Gasteiger partial charge in [-0.25, -0.2) is 9.59 Å². The smallest absolute Gasteiger partial charge is 0.336 e. The summed E-state index contributed by atoms with van der Waals surface area (Å²) in [4.78, 5) is 146. The van der Waals surface area contributed by atoms with Gasteiger partial charge in [0.05, 0.1) is 63.9 Å². The number of hydrogen-bond acceptors (Lipinski definition) is 29. The minimum atomic E-state index is -3.59. The van der Waals surface area contributed by atoms with E-state index in [0.29, 0.717) is 131 Å². The monoisotopic (exact) mass is 1950 g/mol. The average molecular weight is 1960 g/mol. The number of hydrogen-bond donors (Lipinski definition) is 15. The molecule has 37 nitrogen and oxygen atoms in total. The van der Waals surface area contributed by atoms with Crippen LogP contribution < -0.4 is 53.8 Å². The Bertz CT molecular complexity index is 6060. The number of anilines is 2. The number of carbonyl (C=O) groups excluding carboxylic acids is 7. The van der Waals surface area contributed by atoms with Crippen LogP contribution in [0.2, 0.25) is 0 Å². The third-order valence-electron chi connectivity index (χ3n) is 21.6. The quantitative estimate of drug-likeness (QED) is 0.00421. The van der Waals surface area contributed by atoms with Crippen LogP contribution in [0.3, 0.4) is 0 Å². The van der Waals surface area contributed by atoms with E-state index in [2.05, 4.69) is 51.4 Å². The van der Waals surface area contributed by atoms with E-state index in [4.69, 9.17) is 57.9 Å². The van der Waals surface area contributed by atoms with Crippen molar-refractivity contribution in [3.05, 3.63) is 200 Å². The van der Waals surface area contributed by atoms with Crippen LogP contribution in [0.4, 0.5) is 11.4 Å². The molecule has 136 heavy (non-hydrogen) atoms. The van der Waals surface area contributed by atoms with Crippen LogP contribution in [-0.4, -0.2) is 211 Å². The molecule has 728 valence electrons. The summed E-state index contributed by atoms with van der Waals surface area (Å²) in [5.41, 5.74) is 11.5. The largest absolute Gasteiger partial charge is 0.508 e.